The van der Waals surface area contributed by atoms with Gasteiger partial charge in [-0.25, -0.2) is 12.8 Å². The number of benzene rings is 3. The van der Waals surface area contributed by atoms with E-state index in [4.69, 9.17) is 14.2 Å². The van der Waals surface area contributed by atoms with Crippen molar-refractivity contribution in [1.29, 1.82) is 0 Å². The second-order valence-corrected chi connectivity index (χ2v) is 9.90. The van der Waals surface area contributed by atoms with Gasteiger partial charge in [0.2, 0.25) is 21.4 Å². The van der Waals surface area contributed by atoms with Crippen LogP contribution in [0.2, 0.25) is 0 Å². The highest BCUT2D eigenvalue weighted by Crippen LogP contribution is 2.46. The summed E-state index contributed by atoms with van der Waals surface area (Å²) in [6.07, 6.45) is 1.21. The normalized spacial score (nSPS) is 14.1. The molecule has 0 aromatic heterocycles. The van der Waals surface area contributed by atoms with Gasteiger partial charge in [-0.1, -0.05) is 23.8 Å². The van der Waals surface area contributed by atoms with Crippen LogP contribution in [-0.4, -0.2) is 35.5 Å². The fourth-order valence-electron chi connectivity index (χ4n) is 4.08. The Morgan fingerprint density at radius 2 is 1.54 bits per heavy atom. The molecule has 0 fully saturated rings. The van der Waals surface area contributed by atoms with Crippen molar-refractivity contribution in [3.8, 4) is 17.2 Å². The van der Waals surface area contributed by atoms with Crippen molar-refractivity contribution >= 4 is 27.0 Å². The molecule has 0 N–H and O–H groups in total. The molecule has 35 heavy (non-hydrogen) atoms. The topological polar surface area (TPSA) is 82.1 Å². The average Bonchev–Trinajstić information content (AvgIpc) is 2.82. The van der Waals surface area contributed by atoms with E-state index in [2.05, 4.69) is 0 Å². The van der Waals surface area contributed by atoms with Gasteiger partial charge in [-0.2, -0.15) is 0 Å². The van der Waals surface area contributed by atoms with Crippen molar-refractivity contribution in [3.63, 3.8) is 0 Å². The summed E-state index contributed by atoms with van der Waals surface area (Å²) < 4.78 is 57.5. The largest absolute Gasteiger partial charge is 0.493 e. The lowest BCUT2D eigenvalue weighted by Gasteiger charge is -2.30. The average molecular weight is 498 g/mol. The molecule has 0 bridgehead atoms. The highest BCUT2D eigenvalue weighted by Gasteiger charge is 2.37. The minimum absolute atomic E-state index is 0.0523. The van der Waals surface area contributed by atoms with Crippen LogP contribution in [-0.2, 0) is 9.84 Å². The number of Topliss-reactive ketones (excluding diaryl/α,β-unsaturated/α-hetero) is 1. The Hall–Kier alpha value is -3.85. The first-order valence-electron chi connectivity index (χ1n) is 10.6. The number of allylic oxidation sites excluding steroid dienone is 1. The molecule has 182 valence electrons. The highest BCUT2D eigenvalue weighted by molar-refractivity contribution is 7.96. The number of halogens is 1. The predicted octanol–water partition coefficient (Wildman–Crippen LogP) is 5.12. The quantitative estimate of drug-likeness (QED) is 0.345. The van der Waals surface area contributed by atoms with Gasteiger partial charge in [0.25, 0.3) is 0 Å². The van der Waals surface area contributed by atoms with Gasteiger partial charge in [0.1, 0.15) is 10.7 Å². The van der Waals surface area contributed by atoms with Crippen molar-refractivity contribution in [2.45, 2.75) is 18.7 Å². The third-order valence-corrected chi connectivity index (χ3v) is 7.58. The van der Waals surface area contributed by atoms with E-state index in [-0.39, 0.29) is 16.1 Å². The van der Waals surface area contributed by atoms with Crippen LogP contribution in [0.3, 0.4) is 0 Å². The van der Waals surface area contributed by atoms with Gasteiger partial charge >= 0.3 is 0 Å². The molecular weight excluding hydrogens is 473 g/mol. The summed E-state index contributed by atoms with van der Waals surface area (Å²) in [4.78, 5) is 14.3. The maximum atomic E-state index is 14.3. The molecule has 0 unspecified atom stereocenters. The number of sulfone groups is 1. The lowest BCUT2D eigenvalue weighted by Crippen LogP contribution is -2.26. The monoisotopic (exact) mass is 497 g/mol. The summed E-state index contributed by atoms with van der Waals surface area (Å²) in [5.41, 5.74) is 2.29. The summed E-state index contributed by atoms with van der Waals surface area (Å²) in [6, 6.07) is 11.6. The lowest BCUT2D eigenvalue weighted by atomic mass is 10.0. The number of carbonyl (C=O) groups is 1. The number of aryl methyl sites for hydroxylation is 2. The first-order valence-corrected chi connectivity index (χ1v) is 12.1. The van der Waals surface area contributed by atoms with E-state index in [9.17, 15) is 17.6 Å². The Bertz CT molecular complexity index is 1450. The maximum Gasteiger partial charge on any atom is 0.214 e. The maximum absolute atomic E-state index is 14.3. The van der Waals surface area contributed by atoms with E-state index < -0.39 is 26.3 Å². The number of hydrogen-bond acceptors (Lipinski definition) is 7. The zero-order valence-corrected chi connectivity index (χ0v) is 20.7. The van der Waals surface area contributed by atoms with E-state index in [1.54, 1.807) is 31.2 Å². The smallest absolute Gasteiger partial charge is 0.214 e. The SMILES string of the molecule is COc1cc(N2C=C(C(=O)c3ccc(C)cc3C)S(=O)(=O)c3ccc(F)cc32)cc(OC)c1OC. The van der Waals surface area contributed by atoms with Crippen LogP contribution in [0, 0.1) is 19.7 Å². The van der Waals surface area contributed by atoms with Crippen molar-refractivity contribution in [2.75, 3.05) is 26.2 Å². The van der Waals surface area contributed by atoms with Gasteiger partial charge in [0, 0.05) is 23.9 Å². The van der Waals surface area contributed by atoms with Crippen LogP contribution in [0.4, 0.5) is 15.8 Å². The van der Waals surface area contributed by atoms with Gasteiger partial charge in [-0.15, -0.1) is 0 Å². The molecule has 3 aromatic carbocycles. The number of anilines is 2. The minimum Gasteiger partial charge on any atom is -0.493 e. The van der Waals surface area contributed by atoms with E-state index in [0.29, 0.717) is 28.5 Å². The van der Waals surface area contributed by atoms with Gasteiger partial charge in [-0.3, -0.25) is 4.79 Å². The Morgan fingerprint density at radius 3 is 2.11 bits per heavy atom. The van der Waals surface area contributed by atoms with Crippen LogP contribution in [0.5, 0.6) is 17.2 Å². The Labute approximate surface area is 203 Å². The molecule has 1 heterocycles. The number of ether oxygens (including phenoxy) is 3. The molecule has 0 amide bonds. The molecule has 0 saturated heterocycles. The molecule has 0 atom stereocenters. The highest BCUT2D eigenvalue weighted by atomic mass is 32.2. The standard InChI is InChI=1S/C26H24FNO6S/c1-15-6-8-19(16(2)10-15)25(29)24-14-28(20-11-17(27)7-9-23(20)35(24,30)31)18-12-21(32-3)26(34-5)22(13-18)33-4/h6-14H,1-5H3. The van der Waals surface area contributed by atoms with Crippen LogP contribution >= 0.6 is 0 Å². The van der Waals surface area contributed by atoms with Crippen molar-refractivity contribution in [3.05, 3.63) is 82.1 Å². The summed E-state index contributed by atoms with van der Waals surface area (Å²) in [7, 11) is 0.104. The molecular formula is C26H24FNO6S. The van der Waals surface area contributed by atoms with Gasteiger partial charge in [0.05, 0.1) is 37.6 Å². The number of fused-ring (bicyclic) bond motifs is 1. The first-order chi connectivity index (χ1) is 16.6. The Balaban J connectivity index is 1.99. The number of nitrogens with zero attached hydrogens (tertiary/aromatic N) is 1. The molecule has 3 aromatic rings. The molecule has 0 spiro atoms. The zero-order valence-electron chi connectivity index (χ0n) is 19.9. The van der Waals surface area contributed by atoms with Crippen LogP contribution in [0.25, 0.3) is 0 Å². The number of carbonyl (C=O) groups excluding carboxylic acids is 1. The molecule has 0 aliphatic carbocycles. The van der Waals surface area contributed by atoms with E-state index in [0.717, 1.165) is 23.8 Å². The molecule has 4 rings (SSSR count). The van der Waals surface area contributed by atoms with E-state index >= 15 is 0 Å². The predicted molar refractivity (Wildman–Crippen MR) is 130 cm³/mol. The van der Waals surface area contributed by atoms with Gasteiger partial charge in [-0.05, 0) is 37.6 Å². The molecule has 7 nitrogen and oxygen atoms in total. The number of methoxy groups -OCH3 is 3. The molecule has 1 aliphatic rings. The number of hydrogen-bond donors (Lipinski definition) is 0. The minimum atomic E-state index is -4.24. The zero-order chi connectivity index (χ0) is 25.5. The second-order valence-electron chi connectivity index (χ2n) is 8.01. The van der Waals surface area contributed by atoms with E-state index in [1.165, 1.54) is 32.4 Å². The fourth-order valence-corrected chi connectivity index (χ4v) is 5.60. The fraction of sp³-hybridized carbons (Fsp3) is 0.192. The number of ketones is 1. The Kier molecular flexibility index (Phi) is 6.29. The summed E-state index contributed by atoms with van der Waals surface area (Å²) in [5, 5.41) is 0. The molecule has 1 aliphatic heterocycles. The van der Waals surface area contributed by atoms with Crippen molar-refractivity contribution < 1.29 is 31.8 Å². The van der Waals surface area contributed by atoms with Gasteiger partial charge in [0.15, 0.2) is 11.5 Å². The van der Waals surface area contributed by atoms with Crippen LogP contribution in [0.15, 0.2) is 64.5 Å². The second kappa shape index (κ2) is 9.07. The lowest BCUT2D eigenvalue weighted by molar-refractivity contribution is 0.104. The third-order valence-electron chi connectivity index (χ3n) is 5.78. The van der Waals surface area contributed by atoms with Crippen molar-refractivity contribution in [2.24, 2.45) is 0 Å². The Morgan fingerprint density at radius 1 is 0.886 bits per heavy atom. The third kappa shape index (κ3) is 4.12. The van der Waals surface area contributed by atoms with Crippen molar-refractivity contribution in [1.82, 2.24) is 0 Å². The molecule has 0 saturated carbocycles. The van der Waals surface area contributed by atoms with Crippen LogP contribution in [0.1, 0.15) is 21.5 Å². The summed E-state index contributed by atoms with van der Waals surface area (Å²) in [5.74, 6) is -0.338. The summed E-state index contributed by atoms with van der Waals surface area (Å²) in [6.45, 7) is 3.63. The summed E-state index contributed by atoms with van der Waals surface area (Å²) >= 11 is 0. The number of rotatable bonds is 6. The molecule has 9 heteroatoms. The first kappa shape index (κ1) is 24.3. The van der Waals surface area contributed by atoms with E-state index in [1.807, 2.05) is 13.0 Å². The van der Waals surface area contributed by atoms with Crippen LogP contribution < -0.4 is 19.1 Å². The van der Waals surface area contributed by atoms with Gasteiger partial charge < -0.3 is 19.1 Å². The molecule has 0 radical (unpaired) electrons.